The van der Waals surface area contributed by atoms with E-state index in [1.54, 1.807) is 17.0 Å². The van der Waals surface area contributed by atoms with Crippen LogP contribution in [0.2, 0.25) is 0 Å². The molecule has 0 aliphatic carbocycles. The van der Waals surface area contributed by atoms with Gasteiger partial charge in [0.2, 0.25) is 0 Å². The van der Waals surface area contributed by atoms with E-state index >= 15 is 0 Å². The highest BCUT2D eigenvalue weighted by Crippen LogP contribution is 2.28. The van der Waals surface area contributed by atoms with Crippen LogP contribution in [0, 0.1) is 15.9 Å². The van der Waals surface area contributed by atoms with Gasteiger partial charge in [0, 0.05) is 43.9 Å². The Morgan fingerprint density at radius 2 is 1.84 bits per heavy atom. The van der Waals surface area contributed by atoms with Gasteiger partial charge in [0.25, 0.3) is 5.91 Å². The molecule has 0 radical (unpaired) electrons. The average Bonchev–Trinajstić information content (AvgIpc) is 2.75. The number of amides is 1. The lowest BCUT2D eigenvalue weighted by Gasteiger charge is -2.44. The maximum atomic E-state index is 13.1. The molecule has 10 heteroatoms. The molecule has 1 heterocycles. The third kappa shape index (κ3) is 5.38. The maximum Gasteiger partial charge on any atom is 0.335 e. The van der Waals surface area contributed by atoms with E-state index in [9.17, 15) is 24.1 Å². The van der Waals surface area contributed by atoms with Crippen molar-refractivity contribution in [1.82, 2.24) is 9.80 Å². The first-order chi connectivity index (χ1) is 15.2. The van der Waals surface area contributed by atoms with Gasteiger partial charge in [-0.05, 0) is 37.6 Å². The molecule has 1 aliphatic heterocycles. The molecular weight excluding hydrogens is 421 g/mol. The Hall–Kier alpha value is -3.53. The third-order valence-corrected chi connectivity index (χ3v) is 5.49. The number of carbonyl (C=O) groups excluding carboxylic acids is 1. The number of hydrogen-bond acceptors (Lipinski definition) is 6. The maximum absolute atomic E-state index is 13.1. The number of nitro benzene ring substituents is 1. The zero-order valence-corrected chi connectivity index (χ0v) is 17.7. The van der Waals surface area contributed by atoms with Crippen molar-refractivity contribution in [3.63, 3.8) is 0 Å². The molecule has 2 atom stereocenters. The fraction of sp³-hybridized carbons (Fsp3) is 0.364. The molecule has 0 bridgehead atoms. The summed E-state index contributed by atoms with van der Waals surface area (Å²) >= 11 is 0. The van der Waals surface area contributed by atoms with E-state index in [-0.39, 0.29) is 35.1 Å². The molecule has 32 heavy (non-hydrogen) atoms. The average molecular weight is 445 g/mol. The number of rotatable bonds is 7. The quantitative estimate of drug-likeness (QED) is 0.515. The van der Waals surface area contributed by atoms with Gasteiger partial charge in [-0.2, -0.15) is 0 Å². The molecule has 2 aromatic rings. The molecule has 0 unspecified atom stereocenters. The van der Waals surface area contributed by atoms with Crippen LogP contribution in [0.15, 0.2) is 42.5 Å². The number of hydrogen-bond donors (Lipinski definition) is 1. The summed E-state index contributed by atoms with van der Waals surface area (Å²) in [6.45, 7) is 5.09. The van der Waals surface area contributed by atoms with Gasteiger partial charge < -0.3 is 14.7 Å². The van der Waals surface area contributed by atoms with Crippen molar-refractivity contribution in [3.8, 4) is 5.75 Å². The molecule has 1 saturated heterocycles. The number of ether oxygens (including phenoxy) is 1. The Morgan fingerprint density at radius 1 is 1.16 bits per heavy atom. The first-order valence-corrected chi connectivity index (χ1v) is 10.1. The second-order valence-electron chi connectivity index (χ2n) is 7.83. The van der Waals surface area contributed by atoms with Crippen molar-refractivity contribution >= 4 is 17.6 Å². The Morgan fingerprint density at radius 3 is 2.47 bits per heavy atom. The van der Waals surface area contributed by atoms with E-state index in [1.165, 1.54) is 12.1 Å². The smallest absolute Gasteiger partial charge is 0.335 e. The van der Waals surface area contributed by atoms with Crippen molar-refractivity contribution in [2.24, 2.45) is 0 Å². The molecule has 0 spiro atoms. The van der Waals surface area contributed by atoms with Crippen molar-refractivity contribution in [2.45, 2.75) is 32.5 Å². The summed E-state index contributed by atoms with van der Waals surface area (Å²) in [6, 6.07) is 9.39. The lowest BCUT2D eigenvalue weighted by atomic mass is 10.1. The number of aromatic carboxylic acids is 1. The van der Waals surface area contributed by atoms with E-state index in [4.69, 9.17) is 9.84 Å². The second kappa shape index (κ2) is 9.73. The number of nitro groups is 1. The molecule has 0 saturated carbocycles. The number of carbonyl (C=O) groups is 2. The van der Waals surface area contributed by atoms with Gasteiger partial charge >= 0.3 is 11.7 Å². The van der Waals surface area contributed by atoms with E-state index in [2.05, 4.69) is 4.90 Å². The van der Waals surface area contributed by atoms with Crippen molar-refractivity contribution in [3.05, 3.63) is 69.5 Å². The molecular formula is C22H24FN3O6. The van der Waals surface area contributed by atoms with Crippen molar-refractivity contribution in [2.75, 3.05) is 19.7 Å². The van der Waals surface area contributed by atoms with Crippen LogP contribution in [0.25, 0.3) is 0 Å². The topological polar surface area (TPSA) is 113 Å². The number of carboxylic acids is 1. The molecule has 170 valence electrons. The molecule has 1 aliphatic rings. The van der Waals surface area contributed by atoms with Gasteiger partial charge in [-0.3, -0.25) is 19.8 Å². The summed E-state index contributed by atoms with van der Waals surface area (Å²) in [5.41, 5.74) is 0.391. The van der Waals surface area contributed by atoms with Gasteiger partial charge in [-0.25, -0.2) is 9.18 Å². The number of halogens is 1. The van der Waals surface area contributed by atoms with Gasteiger partial charge in [0.1, 0.15) is 5.82 Å². The van der Waals surface area contributed by atoms with Crippen LogP contribution in [0.3, 0.4) is 0 Å². The zero-order chi connectivity index (χ0) is 23.4. The summed E-state index contributed by atoms with van der Waals surface area (Å²) in [7, 11) is 0. The lowest BCUT2D eigenvalue weighted by molar-refractivity contribution is -0.385. The molecule has 9 nitrogen and oxygen atoms in total. The normalized spacial score (nSPS) is 18.9. The van der Waals surface area contributed by atoms with Crippen LogP contribution < -0.4 is 4.74 Å². The van der Waals surface area contributed by atoms with Crippen LogP contribution in [-0.2, 0) is 11.3 Å². The minimum absolute atomic E-state index is 0.0323. The highest BCUT2D eigenvalue weighted by Gasteiger charge is 2.32. The molecule has 1 amide bonds. The van der Waals surface area contributed by atoms with Crippen molar-refractivity contribution in [1.29, 1.82) is 0 Å². The highest BCUT2D eigenvalue weighted by atomic mass is 19.1. The van der Waals surface area contributed by atoms with Crippen LogP contribution in [0.1, 0.15) is 29.8 Å². The monoisotopic (exact) mass is 445 g/mol. The first-order valence-electron chi connectivity index (χ1n) is 10.1. The molecule has 0 aromatic heterocycles. The van der Waals surface area contributed by atoms with E-state index in [0.29, 0.717) is 19.6 Å². The Kier molecular flexibility index (Phi) is 7.04. The van der Waals surface area contributed by atoms with Gasteiger partial charge in [0.15, 0.2) is 12.4 Å². The third-order valence-electron chi connectivity index (χ3n) is 5.49. The Labute approximate surface area is 184 Å². The standard InChI is InChI=1S/C22H24FN3O6/c1-14-11-25(15(2)10-24(14)12-16-3-6-18(23)7-4-16)21(27)13-32-20-9-17(22(28)29)5-8-19(20)26(30)31/h3-9,14-15H,10-13H2,1-2H3,(H,28,29)/t14-,15+/m0/s1. The summed E-state index contributed by atoms with van der Waals surface area (Å²) < 4.78 is 18.5. The molecule has 2 aromatic carbocycles. The van der Waals surface area contributed by atoms with Crippen molar-refractivity contribution < 1.29 is 28.7 Å². The van der Waals surface area contributed by atoms with Gasteiger partial charge in [-0.1, -0.05) is 12.1 Å². The SMILES string of the molecule is C[C@@H]1CN(Cc2ccc(F)cc2)[C@@H](C)CN1C(=O)COc1cc(C(=O)O)ccc1[N+](=O)[O-]. The van der Waals surface area contributed by atoms with E-state index in [1.807, 2.05) is 13.8 Å². The summed E-state index contributed by atoms with van der Waals surface area (Å²) in [5.74, 6) is -2.16. The fourth-order valence-electron chi connectivity index (χ4n) is 3.73. The molecule has 1 fully saturated rings. The number of carboxylic acid groups (broad SMARTS) is 1. The van der Waals surface area contributed by atoms with Gasteiger partial charge in [-0.15, -0.1) is 0 Å². The van der Waals surface area contributed by atoms with E-state index < -0.39 is 23.2 Å². The van der Waals surface area contributed by atoms with Crippen LogP contribution in [0.4, 0.5) is 10.1 Å². The van der Waals surface area contributed by atoms with Crippen LogP contribution >= 0.6 is 0 Å². The van der Waals surface area contributed by atoms with Crippen LogP contribution in [0.5, 0.6) is 5.75 Å². The summed E-state index contributed by atoms with van der Waals surface area (Å²) in [5, 5.41) is 20.3. The largest absolute Gasteiger partial charge is 0.478 e. The number of piperazine rings is 1. The predicted molar refractivity (Wildman–Crippen MR) is 113 cm³/mol. The second-order valence-corrected chi connectivity index (χ2v) is 7.83. The Bertz CT molecular complexity index is 1010. The van der Waals surface area contributed by atoms with Gasteiger partial charge in [0.05, 0.1) is 10.5 Å². The minimum atomic E-state index is -1.25. The molecule has 1 N–H and O–H groups in total. The highest BCUT2D eigenvalue weighted by molar-refractivity contribution is 5.88. The lowest BCUT2D eigenvalue weighted by Crippen LogP contribution is -2.58. The minimum Gasteiger partial charge on any atom is -0.478 e. The summed E-state index contributed by atoms with van der Waals surface area (Å²) in [6.07, 6.45) is 0. The van der Waals surface area contributed by atoms with Crippen LogP contribution in [-0.4, -0.2) is 63.5 Å². The number of nitrogens with zero attached hydrogens (tertiary/aromatic N) is 3. The summed E-state index contributed by atoms with van der Waals surface area (Å²) in [4.78, 5) is 38.3. The predicted octanol–water partition coefficient (Wildman–Crippen LogP) is 2.93. The number of benzene rings is 2. The zero-order valence-electron chi connectivity index (χ0n) is 17.7. The first kappa shape index (κ1) is 23.1. The Balaban J connectivity index is 1.64. The fourth-order valence-corrected chi connectivity index (χ4v) is 3.73. The molecule has 3 rings (SSSR count). The van der Waals surface area contributed by atoms with E-state index in [0.717, 1.165) is 23.8 Å².